The van der Waals surface area contributed by atoms with Gasteiger partial charge in [0, 0.05) is 14.0 Å². The van der Waals surface area contributed by atoms with Crippen molar-refractivity contribution >= 4 is 33.2 Å². The molecule has 0 aliphatic carbocycles. The lowest BCUT2D eigenvalue weighted by Gasteiger charge is -2.17. The second-order valence-electron chi connectivity index (χ2n) is 5.35. The average molecular weight is 361 g/mol. The van der Waals surface area contributed by atoms with Crippen LogP contribution in [0.15, 0.2) is 59.5 Å². The first-order valence-corrected chi connectivity index (χ1v) is 8.92. The summed E-state index contributed by atoms with van der Waals surface area (Å²) < 4.78 is 25.8. The zero-order valence-corrected chi connectivity index (χ0v) is 14.7. The Balaban J connectivity index is 2.09. The number of hydrogen-bond acceptors (Lipinski definition) is 4. The molecular formula is C17H19N3O4S. The van der Waals surface area contributed by atoms with E-state index in [9.17, 15) is 18.0 Å². The minimum atomic E-state index is -3.75. The molecule has 2 aromatic carbocycles. The topological polar surface area (TPSA) is 95.6 Å². The van der Waals surface area contributed by atoms with Crippen LogP contribution >= 0.6 is 0 Å². The van der Waals surface area contributed by atoms with Gasteiger partial charge < -0.3 is 10.6 Å². The van der Waals surface area contributed by atoms with Gasteiger partial charge >= 0.3 is 0 Å². The van der Waals surface area contributed by atoms with Gasteiger partial charge in [0.1, 0.15) is 0 Å². The number of carbonyl (C=O) groups is 2. The highest BCUT2D eigenvalue weighted by Gasteiger charge is 2.22. The third kappa shape index (κ3) is 4.88. The van der Waals surface area contributed by atoms with E-state index in [2.05, 4.69) is 10.6 Å². The molecule has 0 bridgehead atoms. The quantitative estimate of drug-likeness (QED) is 0.821. The van der Waals surface area contributed by atoms with E-state index < -0.39 is 15.9 Å². The van der Waals surface area contributed by atoms with Crippen molar-refractivity contribution in [1.29, 1.82) is 0 Å². The molecule has 0 aromatic heterocycles. The van der Waals surface area contributed by atoms with Crippen molar-refractivity contribution in [3.05, 3.63) is 54.6 Å². The Labute approximate surface area is 146 Å². The fraction of sp³-hybridized carbons (Fsp3) is 0.176. The van der Waals surface area contributed by atoms with E-state index in [4.69, 9.17) is 0 Å². The summed E-state index contributed by atoms with van der Waals surface area (Å²) in [4.78, 5) is 23.5. The lowest BCUT2D eigenvalue weighted by Crippen LogP contribution is -2.35. The summed E-state index contributed by atoms with van der Waals surface area (Å²) >= 11 is 0. The maximum Gasteiger partial charge on any atom is 0.243 e. The van der Waals surface area contributed by atoms with Gasteiger partial charge in [-0.3, -0.25) is 9.59 Å². The van der Waals surface area contributed by atoms with Crippen molar-refractivity contribution < 1.29 is 18.0 Å². The fourth-order valence-corrected chi connectivity index (χ4v) is 3.29. The van der Waals surface area contributed by atoms with Crippen LogP contribution in [0, 0.1) is 0 Å². The van der Waals surface area contributed by atoms with Crippen molar-refractivity contribution in [2.45, 2.75) is 11.8 Å². The molecular weight excluding hydrogens is 342 g/mol. The molecule has 0 atom stereocenters. The number of likely N-dealkylation sites (N-methyl/N-ethyl adjacent to an activating group) is 1. The monoisotopic (exact) mass is 361 g/mol. The zero-order valence-electron chi connectivity index (χ0n) is 13.9. The summed E-state index contributed by atoms with van der Waals surface area (Å²) in [5, 5.41) is 5.21. The van der Waals surface area contributed by atoms with Crippen LogP contribution in [0.5, 0.6) is 0 Å². The Hall–Kier alpha value is -2.71. The molecule has 2 rings (SSSR count). The minimum Gasteiger partial charge on any atom is -0.325 e. The molecule has 0 aliphatic heterocycles. The SMILES string of the molecule is CC(=O)Nc1ccccc1NC(=O)CN(C)S(=O)(=O)c1ccccc1. The summed E-state index contributed by atoms with van der Waals surface area (Å²) in [5.41, 5.74) is 0.838. The number of benzene rings is 2. The average Bonchev–Trinajstić information content (AvgIpc) is 2.57. The van der Waals surface area contributed by atoms with Crippen molar-refractivity contribution in [1.82, 2.24) is 4.31 Å². The van der Waals surface area contributed by atoms with Crippen molar-refractivity contribution in [3.8, 4) is 0 Å². The Morgan fingerprint density at radius 1 is 0.920 bits per heavy atom. The Morgan fingerprint density at radius 3 is 2.00 bits per heavy atom. The lowest BCUT2D eigenvalue weighted by atomic mass is 10.2. The fourth-order valence-electron chi connectivity index (χ4n) is 2.14. The zero-order chi connectivity index (χ0) is 18.4. The molecule has 0 unspecified atom stereocenters. The summed E-state index contributed by atoms with van der Waals surface area (Å²) in [6.07, 6.45) is 0. The molecule has 0 aliphatic rings. The van der Waals surface area contributed by atoms with E-state index in [-0.39, 0.29) is 17.3 Å². The maximum atomic E-state index is 12.4. The number of rotatable bonds is 6. The van der Waals surface area contributed by atoms with E-state index in [1.807, 2.05) is 0 Å². The molecule has 0 heterocycles. The van der Waals surface area contributed by atoms with Crippen LogP contribution in [0.3, 0.4) is 0 Å². The molecule has 7 nitrogen and oxygen atoms in total. The van der Waals surface area contributed by atoms with Crippen LogP contribution < -0.4 is 10.6 Å². The van der Waals surface area contributed by atoms with Gasteiger partial charge in [-0.2, -0.15) is 4.31 Å². The van der Waals surface area contributed by atoms with Crippen LogP contribution in [0.2, 0.25) is 0 Å². The Bertz CT molecular complexity index is 866. The van der Waals surface area contributed by atoms with Gasteiger partial charge in [-0.15, -0.1) is 0 Å². The van der Waals surface area contributed by atoms with Crippen LogP contribution in [-0.4, -0.2) is 38.1 Å². The third-order valence-corrected chi connectivity index (χ3v) is 5.15. The highest BCUT2D eigenvalue weighted by molar-refractivity contribution is 7.89. The second-order valence-corrected chi connectivity index (χ2v) is 7.39. The molecule has 2 amide bonds. The first kappa shape index (κ1) is 18.6. The summed E-state index contributed by atoms with van der Waals surface area (Å²) in [6, 6.07) is 14.6. The number of amides is 2. The molecule has 2 N–H and O–H groups in total. The number of carbonyl (C=O) groups excluding carboxylic acids is 2. The van der Waals surface area contributed by atoms with Gasteiger partial charge in [0.25, 0.3) is 0 Å². The van der Waals surface area contributed by atoms with Gasteiger partial charge in [0.2, 0.25) is 21.8 Å². The summed E-state index contributed by atoms with van der Waals surface area (Å²) in [5.74, 6) is -0.787. The van der Waals surface area contributed by atoms with E-state index in [0.29, 0.717) is 11.4 Å². The van der Waals surface area contributed by atoms with Crippen LogP contribution in [-0.2, 0) is 19.6 Å². The van der Waals surface area contributed by atoms with Gasteiger partial charge in [0.05, 0.1) is 22.8 Å². The second kappa shape index (κ2) is 7.91. The standard InChI is InChI=1S/C17H19N3O4S/c1-13(21)18-15-10-6-7-11-16(15)19-17(22)12-20(2)25(23,24)14-8-4-3-5-9-14/h3-11H,12H2,1-2H3,(H,18,21)(H,19,22). The largest absolute Gasteiger partial charge is 0.325 e. The maximum absolute atomic E-state index is 12.4. The predicted octanol–water partition coefficient (Wildman–Crippen LogP) is 1.90. The normalized spacial score (nSPS) is 11.2. The number of hydrogen-bond donors (Lipinski definition) is 2. The Morgan fingerprint density at radius 2 is 1.44 bits per heavy atom. The number of nitrogens with one attached hydrogen (secondary N) is 2. The van der Waals surface area contributed by atoms with Crippen LogP contribution in [0.4, 0.5) is 11.4 Å². The minimum absolute atomic E-state index is 0.115. The highest BCUT2D eigenvalue weighted by atomic mass is 32.2. The van der Waals surface area contributed by atoms with Gasteiger partial charge in [-0.1, -0.05) is 30.3 Å². The third-order valence-electron chi connectivity index (χ3n) is 3.33. The number of para-hydroxylation sites is 2. The van der Waals surface area contributed by atoms with Crippen LogP contribution in [0.1, 0.15) is 6.92 Å². The predicted molar refractivity (Wildman–Crippen MR) is 95.6 cm³/mol. The van der Waals surface area contributed by atoms with E-state index >= 15 is 0 Å². The number of nitrogens with zero attached hydrogens (tertiary/aromatic N) is 1. The molecule has 8 heteroatoms. The van der Waals surface area contributed by atoms with Crippen molar-refractivity contribution in [2.75, 3.05) is 24.2 Å². The number of sulfonamides is 1. The van der Waals surface area contributed by atoms with Crippen molar-refractivity contribution in [3.63, 3.8) is 0 Å². The molecule has 0 saturated carbocycles. The molecule has 0 saturated heterocycles. The molecule has 0 spiro atoms. The van der Waals surface area contributed by atoms with Crippen LogP contribution in [0.25, 0.3) is 0 Å². The van der Waals surface area contributed by atoms with Crippen molar-refractivity contribution in [2.24, 2.45) is 0 Å². The molecule has 132 valence electrons. The smallest absolute Gasteiger partial charge is 0.243 e. The summed E-state index contributed by atoms with van der Waals surface area (Å²) in [6.45, 7) is 1.00. The van der Waals surface area contributed by atoms with Gasteiger partial charge in [-0.25, -0.2) is 8.42 Å². The van der Waals surface area contributed by atoms with Gasteiger partial charge in [-0.05, 0) is 24.3 Å². The van der Waals surface area contributed by atoms with Gasteiger partial charge in [0.15, 0.2) is 0 Å². The van der Waals surface area contributed by atoms with E-state index in [1.54, 1.807) is 42.5 Å². The highest BCUT2D eigenvalue weighted by Crippen LogP contribution is 2.21. The lowest BCUT2D eigenvalue weighted by molar-refractivity contribution is -0.116. The molecule has 2 aromatic rings. The molecule has 0 radical (unpaired) electrons. The Kier molecular flexibility index (Phi) is 5.89. The van der Waals surface area contributed by atoms with E-state index in [1.165, 1.54) is 26.1 Å². The first-order valence-electron chi connectivity index (χ1n) is 7.48. The first-order chi connectivity index (χ1) is 11.8. The molecule has 25 heavy (non-hydrogen) atoms. The van der Waals surface area contributed by atoms with E-state index in [0.717, 1.165) is 4.31 Å². The molecule has 0 fully saturated rings. The summed E-state index contributed by atoms with van der Waals surface area (Å²) in [7, 11) is -2.42. The number of anilines is 2.